The van der Waals surface area contributed by atoms with Crippen molar-refractivity contribution in [3.8, 4) is 11.1 Å². The largest absolute Gasteiger partial charge is 0.394 e. The number of aliphatic hydroxyl groups excluding tert-OH is 1. The molecule has 5 rings (SSSR count). The van der Waals surface area contributed by atoms with E-state index in [9.17, 15) is 14.7 Å². The molecule has 0 radical (unpaired) electrons. The minimum absolute atomic E-state index is 0.0418. The number of aromatic nitrogens is 1. The van der Waals surface area contributed by atoms with Crippen molar-refractivity contribution in [3.05, 3.63) is 54.4 Å². The van der Waals surface area contributed by atoms with Crippen molar-refractivity contribution in [2.24, 2.45) is 5.92 Å². The van der Waals surface area contributed by atoms with Crippen LogP contribution in [0, 0.1) is 5.92 Å². The van der Waals surface area contributed by atoms with Crippen LogP contribution >= 0.6 is 0 Å². The number of nitrogens with zero attached hydrogens (tertiary/aromatic N) is 3. The van der Waals surface area contributed by atoms with Crippen molar-refractivity contribution < 1.29 is 14.7 Å². The summed E-state index contributed by atoms with van der Waals surface area (Å²) >= 11 is 0. The molecule has 3 aliphatic rings. The number of piperazine rings is 1. The highest BCUT2D eigenvalue weighted by molar-refractivity contribution is 5.88. The zero-order valence-corrected chi connectivity index (χ0v) is 17.0. The Morgan fingerprint density at radius 1 is 1.10 bits per heavy atom. The molecule has 2 aromatic rings. The van der Waals surface area contributed by atoms with Crippen LogP contribution in [0.2, 0.25) is 0 Å². The number of carbonyl (C=O) groups excluding carboxylic acids is 2. The van der Waals surface area contributed by atoms with Gasteiger partial charge in [0.1, 0.15) is 0 Å². The molecule has 2 amide bonds. The maximum atomic E-state index is 12.9. The van der Waals surface area contributed by atoms with E-state index in [-0.39, 0.29) is 48.9 Å². The summed E-state index contributed by atoms with van der Waals surface area (Å²) in [5.41, 5.74) is 3.24. The molecule has 3 heterocycles. The van der Waals surface area contributed by atoms with Crippen molar-refractivity contribution >= 4 is 11.8 Å². The molecule has 30 heavy (non-hydrogen) atoms. The zero-order valence-electron chi connectivity index (χ0n) is 17.0. The van der Waals surface area contributed by atoms with Crippen LogP contribution in [-0.2, 0) is 9.59 Å². The number of amides is 2. The smallest absolute Gasteiger partial charge is 0.242 e. The average Bonchev–Trinajstić information content (AvgIpc) is 3.30. The van der Waals surface area contributed by atoms with Crippen molar-refractivity contribution in [1.82, 2.24) is 14.8 Å². The summed E-state index contributed by atoms with van der Waals surface area (Å²) in [7, 11) is 0. The SMILES string of the molecule is O=C(C1CCCC1)N1CC(=O)N2[C@H](CO)[C@H](c3ccc(-c4cccnc4)cc3)[C@H]2C1. The summed E-state index contributed by atoms with van der Waals surface area (Å²) in [6.07, 6.45) is 7.68. The van der Waals surface area contributed by atoms with Gasteiger partial charge in [0.2, 0.25) is 11.8 Å². The van der Waals surface area contributed by atoms with E-state index in [4.69, 9.17) is 0 Å². The molecule has 0 bridgehead atoms. The van der Waals surface area contributed by atoms with Gasteiger partial charge >= 0.3 is 0 Å². The number of fused-ring (bicyclic) bond motifs is 1. The van der Waals surface area contributed by atoms with E-state index in [1.165, 1.54) is 0 Å². The van der Waals surface area contributed by atoms with Crippen LogP contribution < -0.4 is 0 Å². The second-order valence-corrected chi connectivity index (χ2v) is 8.71. The molecule has 3 fully saturated rings. The molecular weight excluding hydrogens is 378 g/mol. The number of pyridine rings is 1. The maximum Gasteiger partial charge on any atom is 0.242 e. The average molecular weight is 405 g/mol. The minimum Gasteiger partial charge on any atom is -0.394 e. The molecular formula is C24H27N3O3. The van der Waals surface area contributed by atoms with E-state index >= 15 is 0 Å². The summed E-state index contributed by atoms with van der Waals surface area (Å²) < 4.78 is 0. The standard InChI is InChI=1S/C24H27N3O3/c28-15-21-23(17-9-7-16(8-10-17)19-6-3-11-25-12-19)20-13-26(14-22(29)27(20)21)24(30)18-4-1-2-5-18/h3,6-12,18,20-21,23,28H,1-2,4-5,13-15H2/t20-,21-,23-/m1/s1. The monoisotopic (exact) mass is 405 g/mol. The topological polar surface area (TPSA) is 73.7 Å². The van der Waals surface area contributed by atoms with Crippen molar-refractivity contribution in [3.63, 3.8) is 0 Å². The maximum absolute atomic E-state index is 12.9. The molecule has 1 N–H and O–H groups in total. The summed E-state index contributed by atoms with van der Waals surface area (Å²) in [5, 5.41) is 9.97. The van der Waals surface area contributed by atoms with Gasteiger partial charge in [0.25, 0.3) is 0 Å². The first-order chi connectivity index (χ1) is 14.7. The lowest BCUT2D eigenvalue weighted by atomic mass is 9.73. The van der Waals surface area contributed by atoms with Crippen LogP contribution in [0.1, 0.15) is 37.2 Å². The Balaban J connectivity index is 1.37. The lowest BCUT2D eigenvalue weighted by Gasteiger charge is -2.59. The quantitative estimate of drug-likeness (QED) is 0.848. The minimum atomic E-state index is -0.213. The molecule has 156 valence electrons. The Hall–Kier alpha value is -2.73. The van der Waals surface area contributed by atoms with E-state index in [0.29, 0.717) is 6.54 Å². The molecule has 6 heteroatoms. The van der Waals surface area contributed by atoms with Gasteiger partial charge in [0.05, 0.1) is 25.2 Å². The number of carbonyl (C=O) groups is 2. The number of rotatable bonds is 4. The molecule has 2 aliphatic heterocycles. The molecule has 2 saturated heterocycles. The first-order valence-electron chi connectivity index (χ1n) is 10.9. The molecule has 3 atom stereocenters. The fourth-order valence-electron chi connectivity index (χ4n) is 5.53. The first kappa shape index (κ1) is 19.2. The van der Waals surface area contributed by atoms with Crippen LogP contribution in [-0.4, -0.2) is 63.5 Å². The van der Waals surface area contributed by atoms with Crippen molar-refractivity contribution in [2.75, 3.05) is 19.7 Å². The van der Waals surface area contributed by atoms with Crippen LogP contribution in [0.15, 0.2) is 48.8 Å². The zero-order chi connectivity index (χ0) is 20.7. The Morgan fingerprint density at radius 2 is 1.87 bits per heavy atom. The van der Waals surface area contributed by atoms with Crippen LogP contribution in [0.3, 0.4) is 0 Å². The van der Waals surface area contributed by atoms with Gasteiger partial charge in [-0.3, -0.25) is 14.6 Å². The third kappa shape index (κ3) is 3.19. The van der Waals surface area contributed by atoms with E-state index < -0.39 is 0 Å². The van der Waals surface area contributed by atoms with Crippen LogP contribution in [0.5, 0.6) is 0 Å². The highest BCUT2D eigenvalue weighted by atomic mass is 16.3. The molecule has 1 aliphatic carbocycles. The lowest BCUT2D eigenvalue weighted by Crippen LogP contribution is -2.73. The third-order valence-corrected chi connectivity index (χ3v) is 7.06. The van der Waals surface area contributed by atoms with Crippen LogP contribution in [0.25, 0.3) is 11.1 Å². The molecule has 1 saturated carbocycles. The highest BCUT2D eigenvalue weighted by Gasteiger charge is 2.54. The Morgan fingerprint density at radius 3 is 2.53 bits per heavy atom. The van der Waals surface area contributed by atoms with Gasteiger partial charge in [0.15, 0.2) is 0 Å². The first-order valence-corrected chi connectivity index (χ1v) is 10.9. The van der Waals surface area contributed by atoms with E-state index in [1.807, 2.05) is 18.3 Å². The predicted octanol–water partition coefficient (Wildman–Crippen LogP) is 2.44. The molecule has 6 nitrogen and oxygen atoms in total. The number of hydrogen-bond donors (Lipinski definition) is 1. The summed E-state index contributed by atoms with van der Waals surface area (Å²) in [5.74, 6) is 0.217. The van der Waals surface area contributed by atoms with E-state index in [1.54, 1.807) is 16.0 Å². The van der Waals surface area contributed by atoms with Crippen molar-refractivity contribution in [2.45, 2.75) is 43.7 Å². The van der Waals surface area contributed by atoms with Gasteiger partial charge in [-0.25, -0.2) is 0 Å². The fraction of sp³-hybridized carbons (Fsp3) is 0.458. The molecule has 0 spiro atoms. The number of aliphatic hydroxyl groups is 1. The van der Waals surface area contributed by atoms with Gasteiger partial charge < -0.3 is 14.9 Å². The second-order valence-electron chi connectivity index (χ2n) is 8.71. The normalized spacial score (nSPS) is 26.4. The lowest BCUT2D eigenvalue weighted by molar-refractivity contribution is -0.168. The molecule has 1 aromatic carbocycles. The van der Waals surface area contributed by atoms with E-state index in [0.717, 1.165) is 42.4 Å². The number of hydrogen-bond acceptors (Lipinski definition) is 4. The van der Waals surface area contributed by atoms with Gasteiger partial charge in [-0.1, -0.05) is 43.2 Å². The Kier molecular flexibility index (Phi) is 5.03. The summed E-state index contributed by atoms with van der Waals surface area (Å²) in [6.45, 7) is 0.648. The van der Waals surface area contributed by atoms with Gasteiger partial charge in [-0.2, -0.15) is 0 Å². The van der Waals surface area contributed by atoms with Gasteiger partial charge in [-0.05, 0) is 35.6 Å². The molecule has 0 unspecified atom stereocenters. The van der Waals surface area contributed by atoms with Crippen LogP contribution in [0.4, 0.5) is 0 Å². The van der Waals surface area contributed by atoms with E-state index in [2.05, 4.69) is 29.2 Å². The van der Waals surface area contributed by atoms with Gasteiger partial charge in [0, 0.05) is 30.8 Å². The predicted molar refractivity (Wildman–Crippen MR) is 112 cm³/mol. The highest BCUT2D eigenvalue weighted by Crippen LogP contribution is 2.43. The van der Waals surface area contributed by atoms with Gasteiger partial charge in [-0.15, -0.1) is 0 Å². The third-order valence-electron chi connectivity index (χ3n) is 7.06. The second kappa shape index (κ2) is 7.84. The molecule has 1 aromatic heterocycles. The fourth-order valence-corrected chi connectivity index (χ4v) is 5.53. The summed E-state index contributed by atoms with van der Waals surface area (Å²) in [4.78, 5) is 33.5. The Bertz CT molecular complexity index is 924. The van der Waals surface area contributed by atoms with Crippen molar-refractivity contribution in [1.29, 1.82) is 0 Å². The Labute approximate surface area is 176 Å². The number of benzene rings is 1. The summed E-state index contributed by atoms with van der Waals surface area (Å²) in [6, 6.07) is 12.0.